The second-order valence-electron chi connectivity index (χ2n) is 3.81. The molecule has 0 atom stereocenters. The van der Waals surface area contributed by atoms with E-state index < -0.39 is 0 Å². The first-order valence-electron chi connectivity index (χ1n) is 5.93. The Morgan fingerprint density at radius 1 is 1.00 bits per heavy atom. The summed E-state index contributed by atoms with van der Waals surface area (Å²) in [5.74, 6) is 0. The van der Waals surface area contributed by atoms with Gasteiger partial charge in [0, 0.05) is 38.2 Å². The molecule has 5 nitrogen and oxygen atoms in total. The van der Waals surface area contributed by atoms with Gasteiger partial charge in [0.25, 0.3) is 0 Å². The Bertz CT molecular complexity index is 298. The number of hydrazine groups is 1. The minimum atomic E-state index is 0.879. The van der Waals surface area contributed by atoms with Gasteiger partial charge in [0.1, 0.15) is 6.33 Å². The van der Waals surface area contributed by atoms with Crippen LogP contribution in [0.4, 0.5) is 0 Å². The molecular formula is C12H18N4O. The Hall–Kier alpha value is -1.46. The highest BCUT2D eigenvalue weighted by atomic mass is 16.5. The maximum atomic E-state index is 5.27. The number of morpholine rings is 1. The molecule has 0 unspecified atom stereocenters. The molecule has 0 radical (unpaired) electrons. The number of nitrogens with zero attached hydrogens (tertiary/aromatic N) is 4. The summed E-state index contributed by atoms with van der Waals surface area (Å²) in [6, 6.07) is 1.78. The van der Waals surface area contributed by atoms with Gasteiger partial charge in [0.05, 0.1) is 13.2 Å². The van der Waals surface area contributed by atoms with Crippen molar-refractivity contribution in [3.8, 4) is 0 Å². The highest BCUT2D eigenvalue weighted by molar-refractivity contribution is 4.89. The zero-order chi connectivity index (χ0) is 11.8. The molecule has 5 heteroatoms. The second kappa shape index (κ2) is 6.98. The topological polar surface area (TPSA) is 41.5 Å². The van der Waals surface area contributed by atoms with Crippen LogP contribution in [0.15, 0.2) is 37.1 Å². The summed E-state index contributed by atoms with van der Waals surface area (Å²) in [6.45, 7) is 5.00. The first-order chi connectivity index (χ1) is 8.47. The molecule has 1 aromatic heterocycles. The minimum absolute atomic E-state index is 0.879. The van der Waals surface area contributed by atoms with Crippen molar-refractivity contribution in [2.75, 3.05) is 32.8 Å². The summed E-state index contributed by atoms with van der Waals surface area (Å²) in [5.41, 5.74) is 0. The van der Waals surface area contributed by atoms with Crippen LogP contribution in [0.2, 0.25) is 0 Å². The highest BCUT2D eigenvalue weighted by Gasteiger charge is 2.16. The van der Waals surface area contributed by atoms with Crippen molar-refractivity contribution in [3.63, 3.8) is 0 Å². The quantitative estimate of drug-likeness (QED) is 0.723. The van der Waals surface area contributed by atoms with Crippen molar-refractivity contribution >= 4 is 0 Å². The maximum absolute atomic E-state index is 5.27. The number of rotatable bonds is 1. The first-order valence-corrected chi connectivity index (χ1v) is 5.93. The zero-order valence-electron chi connectivity index (χ0n) is 9.90. The molecular weight excluding hydrogens is 216 g/mol. The van der Waals surface area contributed by atoms with Crippen molar-refractivity contribution in [3.05, 3.63) is 37.1 Å². The van der Waals surface area contributed by atoms with E-state index in [0.29, 0.717) is 0 Å². The second-order valence-corrected chi connectivity index (χ2v) is 3.81. The lowest BCUT2D eigenvalue weighted by Gasteiger charge is -2.34. The van der Waals surface area contributed by atoms with Crippen LogP contribution in [-0.2, 0) is 4.74 Å². The van der Waals surface area contributed by atoms with Gasteiger partial charge in [-0.2, -0.15) is 0 Å². The number of hydrogen-bond donors (Lipinski definition) is 0. The van der Waals surface area contributed by atoms with Crippen molar-refractivity contribution < 1.29 is 4.74 Å². The van der Waals surface area contributed by atoms with Gasteiger partial charge < -0.3 is 9.75 Å². The van der Waals surface area contributed by atoms with Gasteiger partial charge in [-0.05, 0) is 12.5 Å². The Labute approximate surface area is 102 Å². The van der Waals surface area contributed by atoms with Gasteiger partial charge in [-0.1, -0.05) is 6.08 Å². The fraction of sp³-hybridized carbons (Fsp3) is 0.500. The van der Waals surface area contributed by atoms with Gasteiger partial charge in [-0.3, -0.25) is 0 Å². The Morgan fingerprint density at radius 3 is 2.24 bits per heavy atom. The van der Waals surface area contributed by atoms with Gasteiger partial charge in [0.15, 0.2) is 0 Å². The molecule has 1 fully saturated rings. The average molecular weight is 234 g/mol. The molecule has 0 spiro atoms. The van der Waals surface area contributed by atoms with Crippen molar-refractivity contribution in [1.82, 2.24) is 20.0 Å². The molecule has 1 saturated heterocycles. The third-order valence-corrected chi connectivity index (χ3v) is 2.63. The molecule has 0 N–H and O–H groups in total. The van der Waals surface area contributed by atoms with Crippen molar-refractivity contribution in [1.29, 1.82) is 0 Å². The minimum Gasteiger partial charge on any atom is -0.379 e. The Kier molecular flexibility index (Phi) is 4.93. The molecule has 0 bridgehead atoms. The van der Waals surface area contributed by atoms with E-state index in [2.05, 4.69) is 32.3 Å². The lowest BCUT2D eigenvalue weighted by atomic mass is 10.5. The lowest BCUT2D eigenvalue weighted by molar-refractivity contribution is -0.0580. The normalized spacial score (nSPS) is 19.9. The third kappa shape index (κ3) is 4.13. The van der Waals surface area contributed by atoms with E-state index in [1.54, 1.807) is 18.5 Å². The van der Waals surface area contributed by atoms with E-state index in [1.807, 2.05) is 0 Å². The van der Waals surface area contributed by atoms with E-state index in [-0.39, 0.29) is 0 Å². The van der Waals surface area contributed by atoms with Gasteiger partial charge in [0.2, 0.25) is 0 Å². The van der Waals surface area contributed by atoms with Crippen molar-refractivity contribution in [2.45, 2.75) is 6.42 Å². The summed E-state index contributed by atoms with van der Waals surface area (Å²) < 4.78 is 5.27. The van der Waals surface area contributed by atoms with Crippen LogP contribution in [0.5, 0.6) is 0 Å². The van der Waals surface area contributed by atoms with Crippen LogP contribution >= 0.6 is 0 Å². The van der Waals surface area contributed by atoms with E-state index in [4.69, 9.17) is 4.74 Å². The van der Waals surface area contributed by atoms with Crippen LogP contribution < -0.4 is 0 Å². The predicted octanol–water partition coefficient (Wildman–Crippen LogP) is 0.930. The van der Waals surface area contributed by atoms with Gasteiger partial charge >= 0.3 is 0 Å². The number of aromatic nitrogens is 2. The number of ether oxygens (including phenoxy) is 1. The summed E-state index contributed by atoms with van der Waals surface area (Å²) in [5, 5.41) is 4.65. The molecule has 0 aliphatic carbocycles. The largest absolute Gasteiger partial charge is 0.379 e. The van der Waals surface area contributed by atoms with Crippen LogP contribution in [0, 0.1) is 0 Å². The van der Waals surface area contributed by atoms with E-state index >= 15 is 0 Å². The van der Waals surface area contributed by atoms with Crippen LogP contribution in [-0.4, -0.2) is 52.8 Å². The van der Waals surface area contributed by atoms with Crippen LogP contribution in [0.25, 0.3) is 0 Å². The molecule has 0 aromatic carbocycles. The SMILES string of the molecule is C1=CN(N2CCOCC2)CC1.c1cncnc1. The van der Waals surface area contributed by atoms with Gasteiger partial charge in [-0.25, -0.2) is 15.0 Å². The molecule has 2 aliphatic rings. The Morgan fingerprint density at radius 2 is 1.76 bits per heavy atom. The molecule has 3 heterocycles. The lowest BCUT2D eigenvalue weighted by Crippen LogP contribution is -2.45. The van der Waals surface area contributed by atoms with Crippen LogP contribution in [0.3, 0.4) is 0 Å². The summed E-state index contributed by atoms with van der Waals surface area (Å²) in [6.07, 6.45) is 10.5. The fourth-order valence-electron chi connectivity index (χ4n) is 1.78. The first kappa shape index (κ1) is 12.0. The van der Waals surface area contributed by atoms with E-state index in [0.717, 1.165) is 32.8 Å². The summed E-state index contributed by atoms with van der Waals surface area (Å²) in [7, 11) is 0. The standard InChI is InChI=1S/C8H14N2O.C4H4N2/c1-2-4-9(3-1)10-5-7-11-8-6-10;1-2-5-4-6-3-1/h1,3H,2,4-8H2;1-4H. The van der Waals surface area contributed by atoms with E-state index in [1.165, 1.54) is 12.7 Å². The van der Waals surface area contributed by atoms with Gasteiger partial charge in [-0.15, -0.1) is 0 Å². The third-order valence-electron chi connectivity index (χ3n) is 2.63. The molecule has 2 aliphatic heterocycles. The molecule has 3 rings (SSSR count). The molecule has 0 amide bonds. The summed E-state index contributed by atoms with van der Waals surface area (Å²) in [4.78, 5) is 7.35. The Balaban J connectivity index is 0.000000153. The molecule has 92 valence electrons. The molecule has 17 heavy (non-hydrogen) atoms. The average Bonchev–Trinajstić information content (AvgIpc) is 2.96. The highest BCUT2D eigenvalue weighted by Crippen LogP contribution is 2.09. The van der Waals surface area contributed by atoms with E-state index in [9.17, 15) is 0 Å². The van der Waals surface area contributed by atoms with Crippen LogP contribution in [0.1, 0.15) is 6.42 Å². The maximum Gasteiger partial charge on any atom is 0.115 e. The monoisotopic (exact) mass is 234 g/mol. The fourth-order valence-corrected chi connectivity index (χ4v) is 1.78. The number of hydrogen-bond acceptors (Lipinski definition) is 5. The summed E-state index contributed by atoms with van der Waals surface area (Å²) >= 11 is 0. The smallest absolute Gasteiger partial charge is 0.115 e. The van der Waals surface area contributed by atoms with Crippen molar-refractivity contribution in [2.24, 2.45) is 0 Å². The predicted molar refractivity (Wildman–Crippen MR) is 64.9 cm³/mol. The zero-order valence-corrected chi connectivity index (χ0v) is 9.90. The molecule has 1 aromatic rings. The molecule has 0 saturated carbocycles.